The zero-order valence-corrected chi connectivity index (χ0v) is 30.0. The van der Waals surface area contributed by atoms with Crippen LogP contribution >= 0.6 is 0 Å². The van der Waals surface area contributed by atoms with E-state index in [1.807, 2.05) is 62.3 Å². The van der Waals surface area contributed by atoms with Crippen LogP contribution in [0, 0.1) is 28.1 Å². The summed E-state index contributed by atoms with van der Waals surface area (Å²) >= 11 is 0. The molecule has 2 fully saturated rings. The molecular formula is C35H56N6O7. The van der Waals surface area contributed by atoms with Gasteiger partial charge in [0.05, 0.1) is 12.1 Å². The Labute approximate surface area is 284 Å². The Kier molecular flexibility index (Phi) is 11.7. The Morgan fingerprint density at radius 1 is 1.00 bits per heavy atom. The number of amides is 5. The number of carbonyl (C=O) groups is 5. The van der Waals surface area contributed by atoms with Gasteiger partial charge in [-0.25, -0.2) is 4.79 Å². The number of aromatic hydroxyl groups is 2. The highest BCUT2D eigenvalue weighted by Gasteiger charge is 2.70. The van der Waals surface area contributed by atoms with Crippen LogP contribution in [0.15, 0.2) is 24.8 Å². The van der Waals surface area contributed by atoms with E-state index in [4.69, 9.17) is 0 Å². The Hall–Kier alpha value is -4.03. The van der Waals surface area contributed by atoms with Gasteiger partial charge in [-0.1, -0.05) is 81.2 Å². The van der Waals surface area contributed by atoms with Gasteiger partial charge in [0.2, 0.25) is 17.6 Å². The number of piperidine rings is 1. The summed E-state index contributed by atoms with van der Waals surface area (Å²) in [6.07, 6.45) is 3.11. The minimum atomic E-state index is -1.05. The maximum Gasteiger partial charge on any atom is 0.315 e. The van der Waals surface area contributed by atoms with Crippen molar-refractivity contribution in [1.82, 2.24) is 30.7 Å². The molecule has 1 saturated carbocycles. The Bertz CT molecular complexity index is 1370. The number of nitrogens with one attached hydrogen (secondary N) is 4. The van der Waals surface area contributed by atoms with Crippen LogP contribution in [0.1, 0.15) is 81.6 Å². The van der Waals surface area contributed by atoms with Crippen LogP contribution in [0.25, 0.3) is 0 Å². The fourth-order valence-electron chi connectivity index (χ4n) is 6.66. The Morgan fingerprint density at radius 2 is 1.60 bits per heavy atom. The third-order valence-corrected chi connectivity index (χ3v) is 9.91. The average Bonchev–Trinajstić information content (AvgIpc) is 3.27. The highest BCUT2D eigenvalue weighted by atomic mass is 16.3. The molecule has 2 aliphatic rings. The summed E-state index contributed by atoms with van der Waals surface area (Å²) in [6, 6.07) is -1.41. The highest BCUT2D eigenvalue weighted by Crippen LogP contribution is 2.65. The number of urea groups is 1. The summed E-state index contributed by atoms with van der Waals surface area (Å²) in [5.41, 5.74) is -1.46. The number of hydrogen-bond acceptors (Lipinski definition) is 7. The van der Waals surface area contributed by atoms with E-state index in [0.29, 0.717) is 13.0 Å². The molecule has 13 nitrogen and oxygen atoms in total. The Balaban J connectivity index is 1.84. The fourth-order valence-corrected chi connectivity index (χ4v) is 6.66. The van der Waals surface area contributed by atoms with Crippen molar-refractivity contribution >= 4 is 29.5 Å². The van der Waals surface area contributed by atoms with E-state index >= 15 is 0 Å². The molecule has 1 aromatic rings. The number of fused-ring (bicyclic) bond motifs is 1. The van der Waals surface area contributed by atoms with Crippen LogP contribution < -0.4 is 21.3 Å². The predicted octanol–water partition coefficient (Wildman–Crippen LogP) is 3.06. The predicted molar refractivity (Wildman–Crippen MR) is 182 cm³/mol. The molecule has 48 heavy (non-hydrogen) atoms. The van der Waals surface area contributed by atoms with Crippen molar-refractivity contribution in [1.29, 1.82) is 0 Å². The summed E-state index contributed by atoms with van der Waals surface area (Å²) in [5.74, 6) is -2.87. The topological polar surface area (TPSA) is 182 Å². The van der Waals surface area contributed by atoms with E-state index in [1.54, 1.807) is 0 Å². The summed E-state index contributed by atoms with van der Waals surface area (Å²) in [5, 5.41) is 31.5. The van der Waals surface area contributed by atoms with Gasteiger partial charge in [0.1, 0.15) is 12.1 Å². The highest BCUT2D eigenvalue weighted by molar-refractivity contribution is 6.38. The first-order chi connectivity index (χ1) is 22.2. The van der Waals surface area contributed by atoms with Gasteiger partial charge in [0.25, 0.3) is 5.91 Å². The molecule has 0 bridgehead atoms. The van der Waals surface area contributed by atoms with Gasteiger partial charge in [-0.3, -0.25) is 23.7 Å². The summed E-state index contributed by atoms with van der Waals surface area (Å²) in [7, 11) is 0. The van der Waals surface area contributed by atoms with E-state index in [2.05, 4.69) is 27.8 Å². The average molecular weight is 673 g/mol. The first kappa shape index (κ1) is 38.4. The van der Waals surface area contributed by atoms with E-state index in [9.17, 15) is 34.2 Å². The first-order valence-electron chi connectivity index (χ1n) is 16.8. The number of hydrogen-bond donors (Lipinski definition) is 6. The standard InChI is InChI=1S/C35H56N6O7/c1-11-13-14-21(27(44)30(46)36-17-12-2)37-29(45)26-25-20(35(25,9)10)18-41(26)31(47)28(34(6,7)8)39-32(48)38-22(33(3,4)5)19-40-23(42)15-16-24(40)43/h12,15-16,20-22,25-26,28,42-43H,2,11,13-14,17-19H2,1,3-10H3,(H,36,46)(H,37,45)(H2,38,39,48)/t20-,21?,22+,25-,26-,28+/m0/s1. The minimum Gasteiger partial charge on any atom is -0.494 e. The van der Waals surface area contributed by atoms with Crippen LogP contribution in [0.3, 0.4) is 0 Å². The molecule has 1 aliphatic heterocycles. The molecule has 0 spiro atoms. The van der Waals surface area contributed by atoms with E-state index in [0.717, 1.165) is 6.42 Å². The van der Waals surface area contributed by atoms with Crippen LogP contribution in [0.5, 0.6) is 11.8 Å². The maximum atomic E-state index is 14.4. The third-order valence-electron chi connectivity index (χ3n) is 9.91. The molecule has 2 heterocycles. The largest absolute Gasteiger partial charge is 0.494 e. The zero-order valence-electron chi connectivity index (χ0n) is 30.0. The lowest BCUT2D eigenvalue weighted by Crippen LogP contribution is -2.62. The SMILES string of the molecule is C=CCNC(=O)C(=O)C(CCCC)NC(=O)[C@@H]1[C@@H]2[C@H](CN1C(=O)[C@@H](NC(=O)N[C@H](Cn1c(O)ccc1O)C(C)(C)C)C(C)(C)C)C2(C)C. The molecule has 1 aliphatic carbocycles. The third kappa shape index (κ3) is 8.51. The van der Waals surface area contributed by atoms with Crippen LogP contribution in [-0.4, -0.2) is 86.5 Å². The lowest BCUT2D eigenvalue weighted by atomic mass is 9.85. The molecule has 6 atom stereocenters. The first-order valence-corrected chi connectivity index (χ1v) is 16.8. The second kappa shape index (κ2) is 14.6. The molecule has 268 valence electrons. The van der Waals surface area contributed by atoms with Crippen molar-refractivity contribution in [3.05, 3.63) is 24.8 Å². The minimum absolute atomic E-state index is 0.0551. The summed E-state index contributed by atoms with van der Waals surface area (Å²) in [4.78, 5) is 69.0. The molecule has 6 N–H and O–H groups in total. The lowest BCUT2D eigenvalue weighted by Gasteiger charge is -2.38. The number of ketones is 1. The van der Waals surface area contributed by atoms with Gasteiger partial charge in [0, 0.05) is 31.8 Å². The summed E-state index contributed by atoms with van der Waals surface area (Å²) in [6.45, 7) is 21.3. The van der Waals surface area contributed by atoms with Gasteiger partial charge in [-0.15, -0.1) is 6.58 Å². The van der Waals surface area contributed by atoms with Crippen LogP contribution in [0.4, 0.5) is 4.79 Å². The van der Waals surface area contributed by atoms with Crippen molar-refractivity contribution in [2.75, 3.05) is 13.1 Å². The lowest BCUT2D eigenvalue weighted by molar-refractivity contribution is -0.145. The second-order valence-electron chi connectivity index (χ2n) is 16.0. The van der Waals surface area contributed by atoms with Crippen molar-refractivity contribution in [3.8, 4) is 11.8 Å². The number of nitrogens with zero attached hydrogens (tertiary/aromatic N) is 2. The normalized spacial score (nSPS) is 21.7. The number of likely N-dealkylation sites (tertiary alicyclic amines) is 1. The van der Waals surface area contributed by atoms with E-state index in [-0.39, 0.29) is 48.5 Å². The van der Waals surface area contributed by atoms with Gasteiger partial charge in [0.15, 0.2) is 11.8 Å². The molecular weight excluding hydrogens is 616 g/mol. The molecule has 0 aromatic carbocycles. The van der Waals surface area contributed by atoms with Gasteiger partial charge in [-0.05, 0) is 34.5 Å². The second-order valence-corrected chi connectivity index (χ2v) is 16.0. The fraction of sp³-hybridized carbons (Fsp3) is 0.686. The van der Waals surface area contributed by atoms with Crippen molar-refractivity contribution in [2.24, 2.45) is 28.1 Å². The van der Waals surface area contributed by atoms with Gasteiger partial charge < -0.3 is 36.4 Å². The van der Waals surface area contributed by atoms with Crippen molar-refractivity contribution in [3.63, 3.8) is 0 Å². The monoisotopic (exact) mass is 672 g/mol. The number of carbonyl (C=O) groups excluding carboxylic acids is 5. The van der Waals surface area contributed by atoms with E-state index in [1.165, 1.54) is 27.7 Å². The number of unbranched alkanes of at least 4 members (excludes halogenated alkanes) is 1. The quantitative estimate of drug-likeness (QED) is 0.130. The molecule has 5 amide bonds. The van der Waals surface area contributed by atoms with Crippen molar-refractivity contribution < 1.29 is 34.2 Å². The van der Waals surface area contributed by atoms with E-state index < -0.39 is 64.5 Å². The molecule has 1 saturated heterocycles. The van der Waals surface area contributed by atoms with Gasteiger partial charge >= 0.3 is 6.03 Å². The molecule has 13 heteroatoms. The van der Waals surface area contributed by atoms with Crippen molar-refractivity contribution in [2.45, 2.75) is 112 Å². The van der Waals surface area contributed by atoms with Crippen LogP contribution in [0.2, 0.25) is 0 Å². The number of Topliss-reactive ketones (excluding diaryl/α,β-unsaturated/α-hetero) is 1. The molecule has 1 unspecified atom stereocenters. The van der Waals surface area contributed by atoms with Crippen LogP contribution in [-0.2, 0) is 25.7 Å². The maximum absolute atomic E-state index is 14.4. The smallest absolute Gasteiger partial charge is 0.315 e. The zero-order chi connectivity index (χ0) is 36.4. The number of rotatable bonds is 14. The molecule has 3 rings (SSSR count). The number of aromatic nitrogens is 1. The molecule has 1 aromatic heterocycles. The Morgan fingerprint density at radius 3 is 2.12 bits per heavy atom. The summed E-state index contributed by atoms with van der Waals surface area (Å²) < 4.78 is 1.28. The van der Waals surface area contributed by atoms with Gasteiger partial charge in [-0.2, -0.15) is 0 Å². The molecule has 0 radical (unpaired) electrons.